The normalized spacial score (nSPS) is 18.5. The lowest BCUT2D eigenvalue weighted by atomic mass is 9.86. The Morgan fingerprint density at radius 3 is 1.52 bits per heavy atom. The predicted molar refractivity (Wildman–Crippen MR) is 121 cm³/mol. The Hall–Kier alpha value is -2.90. The van der Waals surface area contributed by atoms with E-state index in [0.717, 1.165) is 51.9 Å². The number of nitrogens with one attached hydrogen (secondary N) is 2. The van der Waals surface area contributed by atoms with Crippen LogP contribution in [0.2, 0.25) is 0 Å². The van der Waals surface area contributed by atoms with Crippen molar-refractivity contribution in [2.24, 2.45) is 11.8 Å². The lowest BCUT2D eigenvalue weighted by Crippen LogP contribution is -2.35. The summed E-state index contributed by atoms with van der Waals surface area (Å²) in [6.45, 7) is 3.50. The number of aromatic nitrogens is 2. The highest BCUT2D eigenvalue weighted by Crippen LogP contribution is 2.32. The number of H-pyrrole nitrogens is 2. The van der Waals surface area contributed by atoms with Gasteiger partial charge in [0.2, 0.25) is 11.5 Å². The van der Waals surface area contributed by atoms with Gasteiger partial charge in [-0.05, 0) is 49.7 Å². The molecule has 2 saturated heterocycles. The summed E-state index contributed by atoms with van der Waals surface area (Å²) in [5, 5.41) is 20.0. The molecule has 4 rings (SSSR count). The molecule has 4 N–H and O–H groups in total. The van der Waals surface area contributed by atoms with E-state index in [0.29, 0.717) is 23.2 Å². The summed E-state index contributed by atoms with van der Waals surface area (Å²) in [5.41, 5.74) is 0.417. The molecular formula is C23H32N4O4. The Balaban J connectivity index is 1.18. The number of pyridine rings is 2. The topological polar surface area (TPSA) is 113 Å². The summed E-state index contributed by atoms with van der Waals surface area (Å²) in [6.07, 6.45) is 11.2. The van der Waals surface area contributed by atoms with E-state index < -0.39 is 11.1 Å². The number of piperidine rings is 2. The highest BCUT2D eigenvalue weighted by molar-refractivity contribution is 5.57. The van der Waals surface area contributed by atoms with Crippen LogP contribution in [-0.2, 0) is 0 Å². The van der Waals surface area contributed by atoms with Crippen molar-refractivity contribution in [3.05, 3.63) is 45.2 Å². The molecule has 31 heavy (non-hydrogen) atoms. The van der Waals surface area contributed by atoms with Crippen LogP contribution < -0.4 is 20.9 Å². The molecule has 2 aliphatic heterocycles. The van der Waals surface area contributed by atoms with Gasteiger partial charge in [0.05, 0.1) is 11.4 Å². The van der Waals surface area contributed by atoms with Gasteiger partial charge >= 0.3 is 0 Å². The third-order valence-corrected chi connectivity index (χ3v) is 6.96. The molecule has 0 radical (unpaired) electrons. The third kappa shape index (κ3) is 4.89. The second-order valence-electron chi connectivity index (χ2n) is 8.87. The molecule has 0 aromatic carbocycles. The molecule has 0 amide bonds. The molecule has 8 heteroatoms. The highest BCUT2D eigenvalue weighted by Gasteiger charge is 2.24. The second kappa shape index (κ2) is 9.49. The number of hydrogen-bond acceptors (Lipinski definition) is 6. The first-order valence-electron chi connectivity index (χ1n) is 11.3. The van der Waals surface area contributed by atoms with E-state index in [-0.39, 0.29) is 11.5 Å². The molecule has 0 bridgehead atoms. The molecule has 0 spiro atoms. The first-order chi connectivity index (χ1) is 15.0. The average Bonchev–Trinajstić information content (AvgIpc) is 2.79. The Bertz CT molecular complexity index is 906. The van der Waals surface area contributed by atoms with Crippen molar-refractivity contribution in [3.8, 4) is 11.5 Å². The van der Waals surface area contributed by atoms with Gasteiger partial charge in [-0.25, -0.2) is 0 Å². The monoisotopic (exact) mass is 428 g/mol. The predicted octanol–water partition coefficient (Wildman–Crippen LogP) is 2.78. The fourth-order valence-electron chi connectivity index (χ4n) is 5.05. The van der Waals surface area contributed by atoms with Gasteiger partial charge in [-0.1, -0.05) is 19.3 Å². The minimum absolute atomic E-state index is 0.180. The van der Waals surface area contributed by atoms with Crippen LogP contribution >= 0.6 is 0 Å². The minimum Gasteiger partial charge on any atom is -0.502 e. The lowest BCUT2D eigenvalue weighted by molar-refractivity contribution is 0.323. The number of aromatic amines is 2. The van der Waals surface area contributed by atoms with Crippen LogP contribution in [0.15, 0.2) is 34.1 Å². The lowest BCUT2D eigenvalue weighted by Gasteiger charge is -2.35. The summed E-state index contributed by atoms with van der Waals surface area (Å²) in [7, 11) is 0. The van der Waals surface area contributed by atoms with Gasteiger partial charge in [0.25, 0.3) is 11.1 Å². The molecule has 8 nitrogen and oxygen atoms in total. The number of anilines is 2. The van der Waals surface area contributed by atoms with E-state index in [4.69, 9.17) is 0 Å². The van der Waals surface area contributed by atoms with Gasteiger partial charge in [-0.15, -0.1) is 0 Å². The van der Waals surface area contributed by atoms with Gasteiger partial charge in [-0.2, -0.15) is 0 Å². The van der Waals surface area contributed by atoms with Crippen LogP contribution in [0.5, 0.6) is 11.5 Å². The quantitative estimate of drug-likeness (QED) is 0.563. The molecular weight excluding hydrogens is 396 g/mol. The smallest absolute Gasteiger partial charge is 0.292 e. The van der Waals surface area contributed by atoms with Crippen LogP contribution in [0, 0.1) is 11.8 Å². The molecule has 2 fully saturated rings. The Morgan fingerprint density at radius 2 is 1.13 bits per heavy atom. The van der Waals surface area contributed by atoms with E-state index in [1.54, 1.807) is 24.5 Å². The van der Waals surface area contributed by atoms with E-state index in [9.17, 15) is 19.8 Å². The maximum atomic E-state index is 11.6. The molecule has 4 heterocycles. The molecule has 2 aromatic heterocycles. The van der Waals surface area contributed by atoms with Crippen LogP contribution in [0.1, 0.15) is 44.9 Å². The number of nitrogens with zero attached hydrogens (tertiary/aromatic N) is 2. The average molecular weight is 429 g/mol. The van der Waals surface area contributed by atoms with Crippen molar-refractivity contribution in [2.75, 3.05) is 36.0 Å². The van der Waals surface area contributed by atoms with Gasteiger partial charge in [0.1, 0.15) is 0 Å². The zero-order valence-electron chi connectivity index (χ0n) is 17.8. The number of rotatable bonds is 6. The van der Waals surface area contributed by atoms with Crippen molar-refractivity contribution in [2.45, 2.75) is 44.9 Å². The summed E-state index contributed by atoms with van der Waals surface area (Å²) in [4.78, 5) is 32.4. The first-order valence-corrected chi connectivity index (χ1v) is 11.3. The Labute approximate surface area is 181 Å². The summed E-state index contributed by atoms with van der Waals surface area (Å²) < 4.78 is 0. The molecule has 0 atom stereocenters. The van der Waals surface area contributed by atoms with E-state index in [1.807, 2.05) is 0 Å². The fraction of sp³-hybridized carbons (Fsp3) is 0.565. The van der Waals surface area contributed by atoms with Crippen molar-refractivity contribution in [1.29, 1.82) is 0 Å². The minimum atomic E-state index is -0.431. The Morgan fingerprint density at radius 1 is 0.742 bits per heavy atom. The van der Waals surface area contributed by atoms with Crippen LogP contribution in [0.3, 0.4) is 0 Å². The second-order valence-corrected chi connectivity index (χ2v) is 8.87. The van der Waals surface area contributed by atoms with Crippen LogP contribution in [0.4, 0.5) is 11.4 Å². The van der Waals surface area contributed by atoms with Crippen molar-refractivity contribution >= 4 is 11.4 Å². The Kier molecular flexibility index (Phi) is 6.53. The summed E-state index contributed by atoms with van der Waals surface area (Å²) >= 11 is 0. The summed E-state index contributed by atoms with van der Waals surface area (Å²) in [6, 6.07) is 3.55. The fourth-order valence-corrected chi connectivity index (χ4v) is 5.05. The molecule has 0 saturated carbocycles. The van der Waals surface area contributed by atoms with E-state index >= 15 is 0 Å². The van der Waals surface area contributed by atoms with Crippen LogP contribution in [-0.4, -0.2) is 46.4 Å². The van der Waals surface area contributed by atoms with E-state index in [2.05, 4.69) is 19.8 Å². The molecule has 0 unspecified atom stereocenters. The van der Waals surface area contributed by atoms with Gasteiger partial charge in [0.15, 0.2) is 0 Å². The highest BCUT2D eigenvalue weighted by atomic mass is 16.3. The molecule has 2 aliphatic rings. The van der Waals surface area contributed by atoms with Crippen molar-refractivity contribution in [3.63, 3.8) is 0 Å². The van der Waals surface area contributed by atoms with Crippen molar-refractivity contribution in [1.82, 2.24) is 9.97 Å². The number of hydrogen-bond donors (Lipinski definition) is 4. The first kappa shape index (κ1) is 21.3. The zero-order chi connectivity index (χ0) is 21.8. The SMILES string of the molecule is O=c1[nH]ccc(N2CCC(CCCC3CCN(c4cc[nH]c(=O)c4O)CC3)CC2)c1O. The maximum absolute atomic E-state index is 11.6. The van der Waals surface area contributed by atoms with Gasteiger partial charge in [0, 0.05) is 38.6 Å². The third-order valence-electron chi connectivity index (χ3n) is 6.96. The van der Waals surface area contributed by atoms with Gasteiger partial charge < -0.3 is 30.0 Å². The molecule has 168 valence electrons. The van der Waals surface area contributed by atoms with Crippen molar-refractivity contribution < 1.29 is 10.2 Å². The number of aromatic hydroxyl groups is 2. The zero-order valence-corrected chi connectivity index (χ0v) is 17.8. The largest absolute Gasteiger partial charge is 0.502 e. The molecule has 0 aliphatic carbocycles. The van der Waals surface area contributed by atoms with E-state index in [1.165, 1.54) is 19.3 Å². The summed E-state index contributed by atoms with van der Waals surface area (Å²) in [5.74, 6) is 1.04. The van der Waals surface area contributed by atoms with Gasteiger partial charge in [-0.3, -0.25) is 9.59 Å². The van der Waals surface area contributed by atoms with Crippen LogP contribution in [0.25, 0.3) is 0 Å². The standard InChI is InChI=1S/C23H32N4O4/c28-20-18(4-10-24-22(20)30)26-12-6-16(7-13-26)2-1-3-17-8-14-27(15-9-17)19-5-11-25-23(31)21(19)29/h4-5,10-11,16-17,28-29H,1-3,6-9,12-15H2,(H,24,30)(H,25,31). The maximum Gasteiger partial charge on any atom is 0.292 e. The molecule has 2 aromatic rings.